The van der Waals surface area contributed by atoms with Gasteiger partial charge >= 0.3 is 0 Å². The summed E-state index contributed by atoms with van der Waals surface area (Å²) in [6.45, 7) is 2.08. The maximum atomic E-state index is 12.7. The minimum absolute atomic E-state index is 0.138. The molecule has 1 amide bonds. The predicted molar refractivity (Wildman–Crippen MR) is 155 cm³/mol. The number of amides is 1. The molecule has 0 aliphatic rings. The lowest BCUT2D eigenvalue weighted by Crippen LogP contribution is -2.14. The molecule has 11 heteroatoms. The number of nitrogens with one attached hydrogen (secondary N) is 1. The van der Waals surface area contributed by atoms with Gasteiger partial charge in [0, 0.05) is 23.9 Å². The van der Waals surface area contributed by atoms with E-state index in [-0.39, 0.29) is 11.7 Å². The van der Waals surface area contributed by atoms with Crippen LogP contribution in [0.4, 0.5) is 5.69 Å². The SMILES string of the molecule is COc1cc(-c2nnc(SCC(=O)Nc3ccc(-c4nc5ccc(C)cc5s4)cc3)n2C)cc(OC)c1OC. The van der Waals surface area contributed by atoms with Crippen molar-refractivity contribution in [1.82, 2.24) is 19.7 Å². The van der Waals surface area contributed by atoms with Gasteiger partial charge in [0.25, 0.3) is 0 Å². The highest BCUT2D eigenvalue weighted by molar-refractivity contribution is 7.99. The van der Waals surface area contributed by atoms with Crippen molar-refractivity contribution in [2.24, 2.45) is 7.05 Å². The number of methoxy groups -OCH3 is 3. The Morgan fingerprint density at radius 1 is 0.949 bits per heavy atom. The van der Waals surface area contributed by atoms with Crippen LogP contribution in [-0.4, -0.2) is 52.7 Å². The Morgan fingerprint density at radius 3 is 2.33 bits per heavy atom. The average Bonchev–Trinajstić information content (AvgIpc) is 3.54. The maximum absolute atomic E-state index is 12.7. The Kier molecular flexibility index (Phi) is 7.71. The van der Waals surface area contributed by atoms with E-state index in [1.807, 2.05) is 54.1 Å². The number of ether oxygens (including phenoxy) is 3. The molecule has 5 aromatic rings. The van der Waals surface area contributed by atoms with Crippen molar-refractivity contribution in [3.05, 3.63) is 60.2 Å². The summed E-state index contributed by atoms with van der Waals surface area (Å²) in [7, 11) is 6.53. The first-order valence-corrected chi connectivity index (χ1v) is 13.8. The Hall–Kier alpha value is -4.09. The molecule has 0 bridgehead atoms. The van der Waals surface area contributed by atoms with Crippen molar-refractivity contribution >= 4 is 44.9 Å². The lowest BCUT2D eigenvalue weighted by molar-refractivity contribution is -0.113. The van der Waals surface area contributed by atoms with Gasteiger partial charge in [0.2, 0.25) is 11.7 Å². The lowest BCUT2D eigenvalue weighted by atomic mass is 10.1. The fraction of sp³-hybridized carbons (Fsp3) is 0.214. The van der Waals surface area contributed by atoms with Crippen LogP contribution in [0.25, 0.3) is 32.2 Å². The largest absolute Gasteiger partial charge is 0.493 e. The molecule has 0 spiro atoms. The van der Waals surface area contributed by atoms with Gasteiger partial charge in [-0.2, -0.15) is 0 Å². The zero-order valence-corrected chi connectivity index (χ0v) is 23.8. The molecule has 1 N–H and O–H groups in total. The molecule has 0 saturated carbocycles. The van der Waals surface area contributed by atoms with Gasteiger partial charge in [-0.05, 0) is 61.0 Å². The second kappa shape index (κ2) is 11.3. The number of carbonyl (C=O) groups is 1. The minimum atomic E-state index is -0.138. The number of hydrogen-bond donors (Lipinski definition) is 1. The molecule has 0 radical (unpaired) electrons. The van der Waals surface area contributed by atoms with Gasteiger partial charge in [0.15, 0.2) is 22.5 Å². The normalized spacial score (nSPS) is 11.0. The summed E-state index contributed by atoms with van der Waals surface area (Å²) in [5.41, 5.74) is 4.69. The predicted octanol–water partition coefficient (Wildman–Crippen LogP) is 5.82. The third-order valence-corrected chi connectivity index (χ3v) is 8.14. The van der Waals surface area contributed by atoms with Crippen LogP contribution in [0.15, 0.2) is 59.8 Å². The molecule has 200 valence electrons. The smallest absolute Gasteiger partial charge is 0.234 e. The van der Waals surface area contributed by atoms with E-state index in [1.54, 1.807) is 32.7 Å². The van der Waals surface area contributed by atoms with Gasteiger partial charge in [-0.1, -0.05) is 17.8 Å². The zero-order chi connectivity index (χ0) is 27.5. The van der Waals surface area contributed by atoms with Gasteiger partial charge in [0.1, 0.15) is 5.01 Å². The van der Waals surface area contributed by atoms with Crippen LogP contribution >= 0.6 is 23.1 Å². The Labute approximate surface area is 234 Å². The second-order valence-corrected chi connectivity index (χ2v) is 10.7. The van der Waals surface area contributed by atoms with Crippen molar-refractivity contribution in [2.45, 2.75) is 12.1 Å². The van der Waals surface area contributed by atoms with Crippen LogP contribution in [0, 0.1) is 6.92 Å². The van der Waals surface area contributed by atoms with Gasteiger partial charge in [-0.15, -0.1) is 21.5 Å². The van der Waals surface area contributed by atoms with E-state index < -0.39 is 0 Å². The van der Waals surface area contributed by atoms with Crippen molar-refractivity contribution in [1.29, 1.82) is 0 Å². The molecule has 5 rings (SSSR count). The van der Waals surface area contributed by atoms with Gasteiger partial charge < -0.3 is 24.1 Å². The van der Waals surface area contributed by atoms with E-state index in [9.17, 15) is 4.79 Å². The molecule has 2 aromatic heterocycles. The van der Waals surface area contributed by atoms with E-state index in [0.29, 0.717) is 28.2 Å². The first kappa shape index (κ1) is 26.5. The summed E-state index contributed by atoms with van der Waals surface area (Å²) >= 11 is 2.96. The fourth-order valence-corrected chi connectivity index (χ4v) is 5.86. The molecular formula is C28H27N5O4S2. The maximum Gasteiger partial charge on any atom is 0.234 e. The van der Waals surface area contributed by atoms with E-state index in [0.717, 1.165) is 32.0 Å². The van der Waals surface area contributed by atoms with Crippen LogP contribution < -0.4 is 19.5 Å². The number of hydrogen-bond acceptors (Lipinski definition) is 9. The topological polar surface area (TPSA) is 100 Å². The number of anilines is 1. The zero-order valence-electron chi connectivity index (χ0n) is 22.1. The quantitative estimate of drug-likeness (QED) is 0.225. The van der Waals surface area contributed by atoms with E-state index >= 15 is 0 Å². The number of carbonyl (C=O) groups excluding carboxylic acids is 1. The summed E-state index contributed by atoms with van der Waals surface area (Å²) in [5, 5.41) is 13.1. The van der Waals surface area contributed by atoms with Crippen molar-refractivity contribution < 1.29 is 19.0 Å². The van der Waals surface area contributed by atoms with Crippen molar-refractivity contribution in [3.8, 4) is 39.2 Å². The number of fused-ring (bicyclic) bond motifs is 1. The van der Waals surface area contributed by atoms with Crippen LogP contribution in [0.5, 0.6) is 17.2 Å². The molecule has 9 nitrogen and oxygen atoms in total. The van der Waals surface area contributed by atoms with E-state index in [4.69, 9.17) is 19.2 Å². The van der Waals surface area contributed by atoms with Crippen LogP contribution in [0.2, 0.25) is 0 Å². The van der Waals surface area contributed by atoms with Crippen molar-refractivity contribution in [2.75, 3.05) is 32.4 Å². The third-order valence-electron chi connectivity index (χ3n) is 6.05. The number of thiazole rings is 1. The standard InChI is InChI=1S/C28H27N5O4S2/c1-16-6-11-20-23(12-16)39-27(30-20)17-7-9-19(10-8-17)29-24(34)15-38-28-32-31-26(33(28)2)18-13-21(35-3)25(37-5)22(14-18)36-4/h6-14H,15H2,1-5H3,(H,29,34). The lowest BCUT2D eigenvalue weighted by Gasteiger charge is -2.14. The molecule has 0 saturated heterocycles. The van der Waals surface area contributed by atoms with Gasteiger partial charge in [-0.25, -0.2) is 4.98 Å². The Bertz CT molecular complexity index is 1620. The summed E-state index contributed by atoms with van der Waals surface area (Å²) in [5.74, 6) is 2.19. The van der Waals surface area contributed by atoms with Crippen LogP contribution in [0.3, 0.4) is 0 Å². The number of aromatic nitrogens is 4. The van der Waals surface area contributed by atoms with Gasteiger partial charge in [-0.3, -0.25) is 4.79 Å². The molecule has 0 atom stereocenters. The Balaban J connectivity index is 1.23. The monoisotopic (exact) mass is 561 g/mol. The summed E-state index contributed by atoms with van der Waals surface area (Å²) in [6, 6.07) is 17.6. The highest BCUT2D eigenvalue weighted by Crippen LogP contribution is 2.41. The average molecular weight is 562 g/mol. The number of thioether (sulfide) groups is 1. The van der Waals surface area contributed by atoms with E-state index in [1.165, 1.54) is 17.3 Å². The van der Waals surface area contributed by atoms with Crippen molar-refractivity contribution in [3.63, 3.8) is 0 Å². The molecule has 0 aliphatic carbocycles. The van der Waals surface area contributed by atoms with Crippen LogP contribution in [-0.2, 0) is 11.8 Å². The van der Waals surface area contributed by atoms with Gasteiger partial charge in [0.05, 0.1) is 37.3 Å². The minimum Gasteiger partial charge on any atom is -0.493 e. The van der Waals surface area contributed by atoms with E-state index in [2.05, 4.69) is 34.6 Å². The number of aryl methyl sites for hydroxylation is 1. The molecule has 0 unspecified atom stereocenters. The molecular weight excluding hydrogens is 534 g/mol. The number of nitrogens with zero attached hydrogens (tertiary/aromatic N) is 4. The molecule has 2 heterocycles. The molecule has 39 heavy (non-hydrogen) atoms. The van der Waals surface area contributed by atoms with Crippen LogP contribution in [0.1, 0.15) is 5.56 Å². The summed E-state index contributed by atoms with van der Waals surface area (Å²) < 4.78 is 19.3. The summed E-state index contributed by atoms with van der Waals surface area (Å²) in [6.07, 6.45) is 0. The Morgan fingerprint density at radius 2 is 1.67 bits per heavy atom. The third kappa shape index (κ3) is 5.55. The second-order valence-electron chi connectivity index (χ2n) is 8.68. The highest BCUT2D eigenvalue weighted by atomic mass is 32.2. The first-order valence-electron chi connectivity index (χ1n) is 12.0. The highest BCUT2D eigenvalue weighted by Gasteiger charge is 2.19. The molecule has 3 aromatic carbocycles. The summed E-state index contributed by atoms with van der Waals surface area (Å²) in [4.78, 5) is 17.4. The molecule has 0 aliphatic heterocycles. The first-order chi connectivity index (χ1) is 18.9. The molecule has 0 fully saturated rings. The number of benzene rings is 3. The fourth-order valence-electron chi connectivity index (χ4n) is 4.08. The number of rotatable bonds is 9.